The van der Waals surface area contributed by atoms with Crippen LogP contribution in [0.5, 0.6) is 0 Å². The molecule has 0 radical (unpaired) electrons. The third-order valence-electron chi connectivity index (χ3n) is 5.74. The van der Waals surface area contributed by atoms with Gasteiger partial charge in [0, 0.05) is 21.2 Å². The number of hydrogen-bond acceptors (Lipinski definition) is 2. The van der Waals surface area contributed by atoms with E-state index in [4.69, 9.17) is 0 Å². The van der Waals surface area contributed by atoms with Crippen molar-refractivity contribution in [2.24, 2.45) is 0 Å². The van der Waals surface area contributed by atoms with Crippen molar-refractivity contribution in [3.8, 4) is 0 Å². The van der Waals surface area contributed by atoms with E-state index in [2.05, 4.69) is 0 Å². The van der Waals surface area contributed by atoms with Crippen LogP contribution < -0.4 is 10.6 Å². The summed E-state index contributed by atoms with van der Waals surface area (Å²) in [7, 11) is -6.39. The van der Waals surface area contributed by atoms with E-state index < -0.39 is 14.3 Å². The summed E-state index contributed by atoms with van der Waals surface area (Å²) >= 11 is 0. The van der Waals surface area contributed by atoms with Gasteiger partial charge in [-0.2, -0.15) is 0 Å². The molecule has 0 N–H and O–H groups in total. The first-order valence-electron chi connectivity index (χ1n) is 10.5. The molecule has 0 amide bonds. The first-order valence-corrected chi connectivity index (χ1v) is 14.0. The Bertz CT molecular complexity index is 1280. The van der Waals surface area contributed by atoms with Crippen molar-refractivity contribution >= 4 is 35.5 Å². The van der Waals surface area contributed by atoms with Gasteiger partial charge in [0.2, 0.25) is 0 Å². The summed E-state index contributed by atoms with van der Waals surface area (Å²) in [5, 5.41) is 2.75. The third-order valence-corrected chi connectivity index (χ3v) is 11.7. The van der Waals surface area contributed by atoms with Gasteiger partial charge >= 0.3 is 0 Å². The standard InChI is InChI=1S/C28H22O2P2/c29-31(25-17-9-3-10-18-25)22-28(24-15-7-2-8-16-24)32(30,26-19-11-4-12-20-26)21-27(31)23-13-5-1-6-14-23/h1-22H. The smallest absolute Gasteiger partial charge is 0.165 e. The predicted molar refractivity (Wildman–Crippen MR) is 136 cm³/mol. The van der Waals surface area contributed by atoms with Gasteiger partial charge in [-0.15, -0.1) is 0 Å². The Labute approximate surface area is 188 Å². The second kappa shape index (κ2) is 8.40. The maximum atomic E-state index is 14.8. The van der Waals surface area contributed by atoms with Crippen molar-refractivity contribution in [2.75, 3.05) is 0 Å². The minimum atomic E-state index is -3.19. The number of rotatable bonds is 4. The lowest BCUT2D eigenvalue weighted by atomic mass is 10.2. The van der Waals surface area contributed by atoms with E-state index in [1.807, 2.05) is 121 Å². The molecule has 0 saturated heterocycles. The molecule has 0 fully saturated rings. The van der Waals surface area contributed by atoms with Crippen LogP contribution in [0, 0.1) is 0 Å². The summed E-state index contributed by atoms with van der Waals surface area (Å²) < 4.78 is 29.6. The molecule has 0 saturated carbocycles. The van der Waals surface area contributed by atoms with E-state index in [1.54, 1.807) is 11.6 Å². The summed E-state index contributed by atoms with van der Waals surface area (Å²) in [5.74, 6) is 3.60. The summed E-state index contributed by atoms with van der Waals surface area (Å²) in [6, 6.07) is 38.4. The number of hydrogen-bond donors (Lipinski definition) is 0. The van der Waals surface area contributed by atoms with E-state index in [1.165, 1.54) is 0 Å². The zero-order valence-electron chi connectivity index (χ0n) is 17.4. The monoisotopic (exact) mass is 452 g/mol. The highest BCUT2D eigenvalue weighted by molar-refractivity contribution is 7.92. The topological polar surface area (TPSA) is 34.1 Å². The van der Waals surface area contributed by atoms with Crippen LogP contribution in [0.25, 0.3) is 10.6 Å². The van der Waals surface area contributed by atoms with Crippen LogP contribution >= 0.6 is 14.3 Å². The summed E-state index contributed by atoms with van der Waals surface area (Å²) in [5.41, 5.74) is 1.67. The van der Waals surface area contributed by atoms with E-state index in [9.17, 15) is 9.13 Å². The highest BCUT2D eigenvalue weighted by Crippen LogP contribution is 2.73. The van der Waals surface area contributed by atoms with Crippen LogP contribution in [0.3, 0.4) is 0 Å². The van der Waals surface area contributed by atoms with Gasteiger partial charge in [-0.05, 0) is 22.8 Å². The van der Waals surface area contributed by atoms with E-state index >= 15 is 0 Å². The lowest BCUT2D eigenvalue weighted by Gasteiger charge is -2.30. The van der Waals surface area contributed by atoms with Crippen molar-refractivity contribution in [3.05, 3.63) is 144 Å². The lowest BCUT2D eigenvalue weighted by Crippen LogP contribution is -2.12. The summed E-state index contributed by atoms with van der Waals surface area (Å²) in [6.45, 7) is 0. The molecule has 4 aromatic rings. The Kier molecular flexibility index (Phi) is 5.43. The van der Waals surface area contributed by atoms with Gasteiger partial charge in [-0.3, -0.25) is 0 Å². The van der Waals surface area contributed by atoms with Gasteiger partial charge in [-0.25, -0.2) is 0 Å². The quantitative estimate of drug-likeness (QED) is 0.303. The second-order valence-electron chi connectivity index (χ2n) is 7.75. The van der Waals surface area contributed by atoms with Crippen LogP contribution in [0.2, 0.25) is 0 Å². The van der Waals surface area contributed by atoms with Crippen molar-refractivity contribution in [1.29, 1.82) is 0 Å². The molecule has 4 aromatic carbocycles. The first kappa shape index (κ1) is 20.7. The SMILES string of the molecule is O=P1(c2ccccc2)C=C(c2ccccc2)P(=O)(c2ccccc2)C=C1c1ccccc1. The van der Waals surface area contributed by atoms with Crippen LogP contribution in [-0.4, -0.2) is 0 Å². The van der Waals surface area contributed by atoms with Crippen molar-refractivity contribution in [3.63, 3.8) is 0 Å². The average molecular weight is 452 g/mol. The second-order valence-corrected chi connectivity index (χ2v) is 12.9. The Morgan fingerprint density at radius 2 is 0.656 bits per heavy atom. The van der Waals surface area contributed by atoms with Gasteiger partial charge in [0.25, 0.3) is 0 Å². The molecule has 5 rings (SSSR count). The van der Waals surface area contributed by atoms with Gasteiger partial charge in [0.15, 0.2) is 14.3 Å². The van der Waals surface area contributed by atoms with E-state index in [0.29, 0.717) is 10.6 Å². The zero-order valence-corrected chi connectivity index (χ0v) is 19.2. The molecule has 4 heteroatoms. The van der Waals surface area contributed by atoms with Crippen LogP contribution in [-0.2, 0) is 9.13 Å². The van der Waals surface area contributed by atoms with Gasteiger partial charge in [-0.1, -0.05) is 121 Å². The molecule has 2 atom stereocenters. The van der Waals surface area contributed by atoms with E-state index in [-0.39, 0.29) is 0 Å². The zero-order chi connectivity index (χ0) is 22.0. The molecule has 0 aliphatic carbocycles. The molecule has 32 heavy (non-hydrogen) atoms. The minimum Gasteiger partial charge on any atom is -0.309 e. The van der Waals surface area contributed by atoms with E-state index in [0.717, 1.165) is 21.7 Å². The fraction of sp³-hybridized carbons (Fsp3) is 0. The molecule has 0 aromatic heterocycles. The summed E-state index contributed by atoms with van der Waals surface area (Å²) in [6.07, 6.45) is 0. The van der Waals surface area contributed by atoms with Crippen molar-refractivity contribution < 1.29 is 9.13 Å². The Hall–Kier alpha value is -3.18. The fourth-order valence-electron chi connectivity index (χ4n) is 4.13. The molecule has 1 aliphatic heterocycles. The maximum Gasteiger partial charge on any atom is 0.165 e. The maximum absolute atomic E-state index is 14.8. The highest BCUT2D eigenvalue weighted by Gasteiger charge is 2.41. The molecular weight excluding hydrogens is 430 g/mol. The molecule has 1 heterocycles. The van der Waals surface area contributed by atoms with Crippen molar-refractivity contribution in [2.45, 2.75) is 0 Å². The third kappa shape index (κ3) is 3.56. The fourth-order valence-corrected chi connectivity index (χ4v) is 10.9. The van der Waals surface area contributed by atoms with Gasteiger partial charge in [0.1, 0.15) is 0 Å². The molecular formula is C28H22O2P2. The molecule has 0 bridgehead atoms. The predicted octanol–water partition coefficient (Wildman–Crippen LogP) is 7.37. The van der Waals surface area contributed by atoms with Gasteiger partial charge in [0.05, 0.1) is 0 Å². The molecule has 2 nitrogen and oxygen atoms in total. The number of benzene rings is 4. The normalized spacial score (nSPS) is 22.6. The van der Waals surface area contributed by atoms with Crippen LogP contribution in [0.15, 0.2) is 133 Å². The Balaban J connectivity index is 1.85. The average Bonchev–Trinajstić information content (AvgIpc) is 2.87. The van der Waals surface area contributed by atoms with Crippen molar-refractivity contribution in [1.82, 2.24) is 0 Å². The lowest BCUT2D eigenvalue weighted by molar-refractivity contribution is 0.589. The highest BCUT2D eigenvalue weighted by atomic mass is 31.2. The summed E-state index contributed by atoms with van der Waals surface area (Å²) in [4.78, 5) is 0. The Morgan fingerprint density at radius 1 is 0.375 bits per heavy atom. The molecule has 2 unspecified atom stereocenters. The molecule has 156 valence electrons. The van der Waals surface area contributed by atoms with Gasteiger partial charge < -0.3 is 9.13 Å². The molecule has 0 spiro atoms. The Morgan fingerprint density at radius 3 is 0.969 bits per heavy atom. The minimum absolute atomic E-state index is 0.635. The first-order chi connectivity index (χ1) is 15.6. The molecule has 1 aliphatic rings. The van der Waals surface area contributed by atoms with Crippen LogP contribution in [0.4, 0.5) is 0 Å². The largest absolute Gasteiger partial charge is 0.309 e. The van der Waals surface area contributed by atoms with Crippen LogP contribution in [0.1, 0.15) is 11.1 Å².